The minimum atomic E-state index is -0.933. The van der Waals surface area contributed by atoms with Gasteiger partial charge in [-0.1, -0.05) is 48.5 Å². The number of nitrogens with one attached hydrogen (secondary N) is 2. The molecule has 0 radical (unpaired) electrons. The first-order valence-corrected chi connectivity index (χ1v) is 8.77. The number of hydrogen-bond donors (Lipinski definition) is 2. The number of cyclic esters (lactones) is 1. The molecule has 2 N–H and O–H groups in total. The van der Waals surface area contributed by atoms with E-state index < -0.39 is 11.9 Å². The second kappa shape index (κ2) is 7.13. The molecule has 0 spiro atoms. The fraction of sp³-hybridized carbons (Fsp3) is 0.136. The van der Waals surface area contributed by atoms with Gasteiger partial charge in [0.15, 0.2) is 0 Å². The highest BCUT2D eigenvalue weighted by Gasteiger charge is 2.46. The van der Waals surface area contributed by atoms with Gasteiger partial charge in [0, 0.05) is 5.69 Å². The quantitative estimate of drug-likeness (QED) is 0.667. The van der Waals surface area contributed by atoms with E-state index in [-0.39, 0.29) is 5.97 Å². The SMILES string of the molecule is CC1(c2ccc(Oc3ccccc3)cc2)NC(Nc2ccccc2)OC1=O. The van der Waals surface area contributed by atoms with E-state index in [1.807, 2.05) is 91.9 Å². The van der Waals surface area contributed by atoms with Crippen molar-refractivity contribution in [1.82, 2.24) is 5.32 Å². The van der Waals surface area contributed by atoms with E-state index in [4.69, 9.17) is 9.47 Å². The number of esters is 1. The highest BCUT2D eigenvalue weighted by molar-refractivity contribution is 5.84. The van der Waals surface area contributed by atoms with Crippen molar-refractivity contribution in [1.29, 1.82) is 0 Å². The van der Waals surface area contributed by atoms with E-state index in [0.29, 0.717) is 5.75 Å². The molecule has 136 valence electrons. The van der Waals surface area contributed by atoms with Crippen molar-refractivity contribution in [3.05, 3.63) is 90.5 Å². The number of anilines is 1. The summed E-state index contributed by atoms with van der Waals surface area (Å²) in [7, 11) is 0. The number of rotatable bonds is 5. The molecule has 0 saturated carbocycles. The molecule has 3 aromatic rings. The largest absolute Gasteiger partial charge is 0.457 e. The highest BCUT2D eigenvalue weighted by atomic mass is 16.6. The van der Waals surface area contributed by atoms with Crippen LogP contribution in [0.5, 0.6) is 11.5 Å². The Kier molecular flexibility index (Phi) is 4.52. The number of para-hydroxylation sites is 2. The van der Waals surface area contributed by atoms with Gasteiger partial charge in [-0.3, -0.25) is 0 Å². The first-order valence-electron chi connectivity index (χ1n) is 8.77. The van der Waals surface area contributed by atoms with E-state index in [9.17, 15) is 4.79 Å². The van der Waals surface area contributed by atoms with Gasteiger partial charge in [-0.05, 0) is 48.9 Å². The average molecular weight is 360 g/mol. The summed E-state index contributed by atoms with van der Waals surface area (Å²) in [5.74, 6) is 1.15. The maximum Gasteiger partial charge on any atom is 0.333 e. The van der Waals surface area contributed by atoms with E-state index >= 15 is 0 Å². The molecule has 5 nitrogen and oxygen atoms in total. The van der Waals surface area contributed by atoms with Crippen LogP contribution in [0.25, 0.3) is 0 Å². The average Bonchev–Trinajstić information content (AvgIpc) is 2.98. The minimum Gasteiger partial charge on any atom is -0.457 e. The first-order chi connectivity index (χ1) is 13.1. The molecule has 2 atom stereocenters. The van der Waals surface area contributed by atoms with Crippen molar-refractivity contribution in [2.24, 2.45) is 0 Å². The maximum absolute atomic E-state index is 12.5. The molecule has 27 heavy (non-hydrogen) atoms. The smallest absolute Gasteiger partial charge is 0.333 e. The monoisotopic (exact) mass is 360 g/mol. The molecule has 1 aliphatic rings. The first kappa shape index (κ1) is 17.1. The van der Waals surface area contributed by atoms with Crippen LogP contribution in [0.2, 0.25) is 0 Å². The summed E-state index contributed by atoms with van der Waals surface area (Å²) in [4.78, 5) is 12.5. The van der Waals surface area contributed by atoms with E-state index in [1.54, 1.807) is 0 Å². The predicted molar refractivity (Wildman–Crippen MR) is 103 cm³/mol. The zero-order valence-electron chi connectivity index (χ0n) is 14.9. The van der Waals surface area contributed by atoms with Crippen molar-refractivity contribution in [2.75, 3.05) is 5.32 Å². The Morgan fingerprint density at radius 2 is 1.48 bits per heavy atom. The number of hydrogen-bond acceptors (Lipinski definition) is 5. The van der Waals surface area contributed by atoms with Crippen molar-refractivity contribution in [3.63, 3.8) is 0 Å². The van der Waals surface area contributed by atoms with Crippen LogP contribution in [-0.2, 0) is 15.1 Å². The fourth-order valence-corrected chi connectivity index (χ4v) is 3.01. The van der Waals surface area contributed by atoms with Gasteiger partial charge in [0.05, 0.1) is 0 Å². The minimum absolute atomic E-state index is 0.326. The summed E-state index contributed by atoms with van der Waals surface area (Å²) >= 11 is 0. The zero-order valence-corrected chi connectivity index (χ0v) is 14.9. The Bertz CT molecular complexity index is 913. The predicted octanol–water partition coefficient (Wildman–Crippen LogP) is 4.24. The molecular formula is C22H20N2O3. The molecule has 1 aliphatic heterocycles. The topological polar surface area (TPSA) is 59.6 Å². The zero-order chi connectivity index (χ0) is 18.7. The van der Waals surface area contributed by atoms with Gasteiger partial charge in [-0.2, -0.15) is 0 Å². The summed E-state index contributed by atoms with van der Waals surface area (Å²) < 4.78 is 11.3. The van der Waals surface area contributed by atoms with Crippen molar-refractivity contribution >= 4 is 11.7 Å². The van der Waals surface area contributed by atoms with Gasteiger partial charge in [0.25, 0.3) is 0 Å². The molecule has 0 aliphatic carbocycles. The molecule has 2 unspecified atom stereocenters. The lowest BCUT2D eigenvalue weighted by molar-refractivity contribution is -0.144. The second-order valence-corrected chi connectivity index (χ2v) is 6.50. The number of carbonyl (C=O) groups is 1. The van der Waals surface area contributed by atoms with Crippen LogP contribution < -0.4 is 15.4 Å². The van der Waals surface area contributed by atoms with Crippen LogP contribution in [0.3, 0.4) is 0 Å². The van der Waals surface area contributed by atoms with Gasteiger partial charge in [-0.15, -0.1) is 0 Å². The van der Waals surface area contributed by atoms with Crippen LogP contribution in [0.15, 0.2) is 84.9 Å². The van der Waals surface area contributed by atoms with Crippen molar-refractivity contribution in [2.45, 2.75) is 18.8 Å². The Morgan fingerprint density at radius 1 is 0.889 bits per heavy atom. The van der Waals surface area contributed by atoms with Crippen LogP contribution in [0.4, 0.5) is 5.69 Å². The normalized spacial score (nSPS) is 21.5. The van der Waals surface area contributed by atoms with Crippen LogP contribution in [0.1, 0.15) is 12.5 Å². The van der Waals surface area contributed by atoms with Gasteiger partial charge >= 0.3 is 5.97 Å². The third-order valence-electron chi connectivity index (χ3n) is 4.54. The fourth-order valence-electron chi connectivity index (χ4n) is 3.01. The summed E-state index contributed by atoms with van der Waals surface area (Å²) in [6, 6.07) is 26.6. The third-order valence-corrected chi connectivity index (χ3v) is 4.54. The number of benzene rings is 3. The lowest BCUT2D eigenvalue weighted by Crippen LogP contribution is -2.43. The summed E-state index contributed by atoms with van der Waals surface area (Å²) in [6.45, 7) is 1.81. The Hall–Kier alpha value is -3.31. The Balaban J connectivity index is 1.47. The number of ether oxygens (including phenoxy) is 2. The Morgan fingerprint density at radius 3 is 2.15 bits per heavy atom. The van der Waals surface area contributed by atoms with Gasteiger partial charge in [0.2, 0.25) is 6.35 Å². The summed E-state index contributed by atoms with van der Waals surface area (Å²) in [5.41, 5.74) is 0.751. The second-order valence-electron chi connectivity index (χ2n) is 6.50. The molecule has 1 saturated heterocycles. The van der Waals surface area contributed by atoms with E-state index in [1.165, 1.54) is 0 Å². The molecular weight excluding hydrogens is 340 g/mol. The van der Waals surface area contributed by atoms with E-state index in [2.05, 4.69) is 10.6 Å². The standard InChI is InChI=1S/C22H20N2O3/c1-22(20(25)27-21(24-22)23-17-8-4-2-5-9-17)16-12-14-19(15-13-16)26-18-10-6-3-7-11-18/h2-15,21,23-24H,1H3. The summed E-state index contributed by atoms with van der Waals surface area (Å²) in [5, 5.41) is 6.39. The van der Waals surface area contributed by atoms with Crippen molar-refractivity contribution < 1.29 is 14.3 Å². The summed E-state index contributed by atoms with van der Waals surface area (Å²) in [6.07, 6.45) is -0.592. The van der Waals surface area contributed by atoms with Gasteiger partial charge in [-0.25, -0.2) is 10.1 Å². The lowest BCUT2D eigenvalue weighted by Gasteiger charge is -2.21. The number of carbonyl (C=O) groups excluding carboxylic acids is 1. The van der Waals surface area contributed by atoms with Crippen LogP contribution in [-0.4, -0.2) is 12.3 Å². The maximum atomic E-state index is 12.5. The molecule has 1 heterocycles. The molecule has 1 fully saturated rings. The molecule has 3 aromatic carbocycles. The molecule has 0 bridgehead atoms. The molecule has 0 amide bonds. The molecule has 4 rings (SSSR count). The van der Waals surface area contributed by atoms with Crippen molar-refractivity contribution in [3.8, 4) is 11.5 Å². The lowest BCUT2D eigenvalue weighted by atomic mass is 9.93. The van der Waals surface area contributed by atoms with Crippen LogP contribution >= 0.6 is 0 Å². The van der Waals surface area contributed by atoms with Gasteiger partial charge in [0.1, 0.15) is 17.0 Å². The van der Waals surface area contributed by atoms with E-state index in [0.717, 1.165) is 17.0 Å². The Labute approximate surface area is 157 Å². The highest BCUT2D eigenvalue weighted by Crippen LogP contribution is 2.31. The van der Waals surface area contributed by atoms with Crippen LogP contribution in [0, 0.1) is 0 Å². The third kappa shape index (κ3) is 3.64. The molecule has 5 heteroatoms. The molecule has 0 aromatic heterocycles. The van der Waals surface area contributed by atoms with Gasteiger partial charge < -0.3 is 14.8 Å².